The number of benzene rings is 6. The van der Waals surface area contributed by atoms with E-state index < -0.39 is 17.7 Å². The van der Waals surface area contributed by atoms with Crippen molar-refractivity contribution in [3.63, 3.8) is 0 Å². The zero-order valence-corrected chi connectivity index (χ0v) is 28.8. The van der Waals surface area contributed by atoms with Gasteiger partial charge < -0.3 is 10.4 Å². The standard InChI is InChI=1S/C46H35F3N2O2/c47-46(48,49)42-18-8-17-37-38(33-14-6-12-31(22-33)28-50-35-15-7-11-30(23-35)19-20-44(52)53)27-43(51-45(37)42)41-25-32(21-29-9-2-1-3-10-29)24-39-36-16-5-4-13-34(36)26-40(39)41/h1-18,22-25,27,50H,19-21,26,28H2,(H,52,53). The van der Waals surface area contributed by atoms with E-state index in [1.165, 1.54) is 11.6 Å². The van der Waals surface area contributed by atoms with Crippen LogP contribution in [0, 0.1) is 0 Å². The Hall–Kier alpha value is -6.21. The Balaban J connectivity index is 1.24. The van der Waals surface area contributed by atoms with E-state index in [1.807, 2.05) is 84.9 Å². The third kappa shape index (κ3) is 7.15. The normalized spacial score (nSPS) is 12.1. The average molecular weight is 705 g/mol. The highest BCUT2D eigenvalue weighted by molar-refractivity contribution is 5.99. The summed E-state index contributed by atoms with van der Waals surface area (Å²) < 4.78 is 44.0. The molecule has 0 amide bonds. The molecule has 0 atom stereocenters. The molecule has 1 aromatic heterocycles. The molecule has 0 fully saturated rings. The maximum atomic E-state index is 14.7. The van der Waals surface area contributed by atoms with Gasteiger partial charge in [0, 0.05) is 29.6 Å². The number of rotatable bonds is 10. The molecular formula is C46H35F3N2O2. The quantitative estimate of drug-likeness (QED) is 0.149. The zero-order valence-electron chi connectivity index (χ0n) is 28.8. The van der Waals surface area contributed by atoms with E-state index in [0.29, 0.717) is 42.5 Å². The van der Waals surface area contributed by atoms with Crippen molar-refractivity contribution in [1.82, 2.24) is 4.98 Å². The van der Waals surface area contributed by atoms with Crippen molar-refractivity contribution >= 4 is 22.6 Å². The number of aryl methyl sites for hydroxylation is 1. The molecule has 1 heterocycles. The van der Waals surface area contributed by atoms with Gasteiger partial charge in [0.25, 0.3) is 0 Å². The number of carboxylic acids is 1. The number of pyridine rings is 1. The molecule has 1 aliphatic rings. The Morgan fingerprint density at radius 3 is 2.25 bits per heavy atom. The highest BCUT2D eigenvalue weighted by Crippen LogP contribution is 2.45. The van der Waals surface area contributed by atoms with E-state index in [0.717, 1.165) is 61.8 Å². The number of anilines is 1. The first-order valence-electron chi connectivity index (χ1n) is 17.6. The molecule has 7 heteroatoms. The number of nitrogens with zero attached hydrogens (tertiary/aromatic N) is 1. The second-order valence-corrected chi connectivity index (χ2v) is 13.6. The number of nitrogens with one attached hydrogen (secondary N) is 1. The number of aromatic nitrogens is 1. The summed E-state index contributed by atoms with van der Waals surface area (Å²) in [6.45, 7) is 0.465. The van der Waals surface area contributed by atoms with Crippen molar-refractivity contribution in [2.75, 3.05) is 5.32 Å². The van der Waals surface area contributed by atoms with Gasteiger partial charge in [-0.3, -0.25) is 4.79 Å². The lowest BCUT2D eigenvalue weighted by molar-refractivity contribution is -0.137. The third-order valence-corrected chi connectivity index (χ3v) is 9.95. The molecule has 0 radical (unpaired) electrons. The smallest absolute Gasteiger partial charge is 0.418 e. The zero-order chi connectivity index (χ0) is 36.5. The van der Waals surface area contributed by atoms with E-state index in [1.54, 1.807) is 6.07 Å². The van der Waals surface area contributed by atoms with Crippen LogP contribution in [-0.4, -0.2) is 16.1 Å². The highest BCUT2D eigenvalue weighted by atomic mass is 19.4. The number of fused-ring (bicyclic) bond motifs is 4. The SMILES string of the molecule is O=C(O)CCc1cccc(NCc2cccc(-c3cc(-c4cc(Cc5ccccc5)cc5c4Cc4ccccc4-5)nc4c(C(F)(F)F)cccc34)c2)c1. The number of alkyl halides is 3. The van der Waals surface area contributed by atoms with Gasteiger partial charge in [0.2, 0.25) is 0 Å². The molecule has 262 valence electrons. The fraction of sp³-hybridized carbons (Fsp3) is 0.130. The minimum absolute atomic E-state index is 0.0521. The second kappa shape index (κ2) is 14.1. The van der Waals surface area contributed by atoms with Crippen LogP contribution >= 0.6 is 0 Å². The van der Waals surface area contributed by atoms with Crippen molar-refractivity contribution in [1.29, 1.82) is 0 Å². The van der Waals surface area contributed by atoms with Gasteiger partial charge in [0.15, 0.2) is 0 Å². The van der Waals surface area contributed by atoms with E-state index in [4.69, 9.17) is 10.1 Å². The van der Waals surface area contributed by atoms with Gasteiger partial charge in [-0.1, -0.05) is 103 Å². The summed E-state index contributed by atoms with van der Waals surface area (Å²) in [6.07, 6.45) is -2.77. The van der Waals surface area contributed by atoms with Crippen LogP contribution in [0.3, 0.4) is 0 Å². The van der Waals surface area contributed by atoms with Crippen molar-refractivity contribution in [3.8, 4) is 33.5 Å². The summed E-state index contributed by atoms with van der Waals surface area (Å²) in [7, 11) is 0. The van der Waals surface area contributed by atoms with Crippen molar-refractivity contribution in [2.24, 2.45) is 0 Å². The van der Waals surface area contributed by atoms with Gasteiger partial charge in [-0.05, 0) is 111 Å². The van der Waals surface area contributed by atoms with Crippen molar-refractivity contribution < 1.29 is 23.1 Å². The Morgan fingerprint density at radius 2 is 1.42 bits per heavy atom. The van der Waals surface area contributed by atoms with Gasteiger partial charge >= 0.3 is 12.1 Å². The third-order valence-electron chi connectivity index (χ3n) is 9.95. The first-order chi connectivity index (χ1) is 25.7. The van der Waals surface area contributed by atoms with Gasteiger partial charge in [0.05, 0.1) is 16.8 Å². The Labute approximate surface area is 305 Å². The van der Waals surface area contributed by atoms with Gasteiger partial charge in [-0.25, -0.2) is 4.98 Å². The first kappa shape index (κ1) is 33.9. The lowest BCUT2D eigenvalue weighted by Gasteiger charge is -2.18. The lowest BCUT2D eigenvalue weighted by atomic mass is 9.90. The van der Waals surface area contributed by atoms with Crippen molar-refractivity contribution in [2.45, 2.75) is 38.4 Å². The molecule has 2 N–H and O–H groups in total. The fourth-order valence-electron chi connectivity index (χ4n) is 7.45. The van der Waals surface area contributed by atoms with Crippen LogP contribution in [0.25, 0.3) is 44.4 Å². The number of halogens is 3. The Morgan fingerprint density at radius 1 is 0.679 bits per heavy atom. The predicted molar refractivity (Wildman–Crippen MR) is 205 cm³/mol. The topological polar surface area (TPSA) is 62.2 Å². The number of para-hydroxylation sites is 1. The molecular weight excluding hydrogens is 670 g/mol. The van der Waals surface area contributed by atoms with E-state index >= 15 is 0 Å². The number of hydrogen-bond donors (Lipinski definition) is 2. The Bertz CT molecular complexity index is 2490. The fourth-order valence-corrected chi connectivity index (χ4v) is 7.45. The van der Waals surface area contributed by atoms with Crippen LogP contribution in [-0.2, 0) is 36.8 Å². The summed E-state index contributed by atoms with van der Waals surface area (Å²) in [5.41, 5.74) is 11.4. The molecule has 0 saturated carbocycles. The number of hydrogen-bond acceptors (Lipinski definition) is 3. The summed E-state index contributed by atoms with van der Waals surface area (Å²) in [5, 5.41) is 12.9. The van der Waals surface area contributed by atoms with Crippen molar-refractivity contribution in [3.05, 3.63) is 178 Å². The van der Waals surface area contributed by atoms with E-state index in [9.17, 15) is 18.0 Å². The van der Waals surface area contributed by atoms with E-state index in [2.05, 4.69) is 41.7 Å². The average Bonchev–Trinajstić information content (AvgIpc) is 3.54. The Kier molecular flexibility index (Phi) is 9.00. The second-order valence-electron chi connectivity index (χ2n) is 13.6. The molecule has 53 heavy (non-hydrogen) atoms. The lowest BCUT2D eigenvalue weighted by Crippen LogP contribution is -2.07. The maximum absolute atomic E-state index is 14.7. The molecule has 0 saturated heterocycles. The molecule has 0 unspecified atom stereocenters. The van der Waals surface area contributed by atoms with Gasteiger partial charge in [-0.15, -0.1) is 0 Å². The first-order valence-corrected chi connectivity index (χ1v) is 17.6. The molecule has 6 aromatic carbocycles. The van der Waals surface area contributed by atoms with Crippen LogP contribution in [0.2, 0.25) is 0 Å². The number of carbonyl (C=O) groups is 1. The summed E-state index contributed by atoms with van der Waals surface area (Å²) >= 11 is 0. The molecule has 0 spiro atoms. The minimum atomic E-state index is -4.60. The highest BCUT2D eigenvalue weighted by Gasteiger charge is 2.34. The number of aliphatic carboxylic acids is 1. The van der Waals surface area contributed by atoms with E-state index in [-0.39, 0.29) is 11.9 Å². The molecule has 1 aliphatic carbocycles. The summed E-state index contributed by atoms with van der Waals surface area (Å²) in [5.74, 6) is -0.844. The molecule has 4 nitrogen and oxygen atoms in total. The molecule has 8 rings (SSSR count). The molecule has 0 bridgehead atoms. The summed E-state index contributed by atoms with van der Waals surface area (Å²) in [4.78, 5) is 15.9. The van der Waals surface area contributed by atoms with Crippen LogP contribution in [0.15, 0.2) is 140 Å². The maximum Gasteiger partial charge on any atom is 0.418 e. The largest absolute Gasteiger partial charge is 0.481 e. The summed E-state index contributed by atoms with van der Waals surface area (Å²) in [6, 6.07) is 44.5. The van der Waals surface area contributed by atoms with Gasteiger partial charge in [-0.2, -0.15) is 13.2 Å². The molecule has 7 aromatic rings. The van der Waals surface area contributed by atoms with Crippen LogP contribution < -0.4 is 5.32 Å². The van der Waals surface area contributed by atoms with Gasteiger partial charge in [0.1, 0.15) is 0 Å². The van der Waals surface area contributed by atoms with Crippen LogP contribution in [0.5, 0.6) is 0 Å². The number of carboxylic acid groups (broad SMARTS) is 1. The van der Waals surface area contributed by atoms with Crippen LogP contribution in [0.4, 0.5) is 18.9 Å². The molecule has 0 aliphatic heterocycles. The monoisotopic (exact) mass is 704 g/mol. The van der Waals surface area contributed by atoms with Crippen LogP contribution in [0.1, 0.15) is 45.4 Å². The minimum Gasteiger partial charge on any atom is -0.481 e. The predicted octanol–water partition coefficient (Wildman–Crippen LogP) is 11.4.